The van der Waals surface area contributed by atoms with E-state index in [1.54, 1.807) is 0 Å². The van der Waals surface area contributed by atoms with Crippen LogP contribution in [0.2, 0.25) is 0 Å². The molecule has 0 aromatic carbocycles. The van der Waals surface area contributed by atoms with Gasteiger partial charge in [0.05, 0.1) is 0 Å². The second-order valence-electron chi connectivity index (χ2n) is 4.42. The highest BCUT2D eigenvalue weighted by Gasteiger charge is 2.14. The molecule has 0 aliphatic heterocycles. The van der Waals surface area contributed by atoms with E-state index in [1.165, 1.54) is 6.08 Å². The highest BCUT2D eigenvalue weighted by molar-refractivity contribution is 5.35. The van der Waals surface area contributed by atoms with Gasteiger partial charge in [0.25, 0.3) is 0 Å². The maximum Gasteiger partial charge on any atom is 0.116 e. The van der Waals surface area contributed by atoms with Crippen LogP contribution in [0, 0.1) is 11.8 Å². The van der Waals surface area contributed by atoms with Gasteiger partial charge in [-0.1, -0.05) is 47.3 Å². The molecule has 86 valence electrons. The fourth-order valence-corrected chi connectivity index (χ4v) is 1.64. The van der Waals surface area contributed by atoms with Crippen molar-refractivity contribution in [2.75, 3.05) is 0 Å². The van der Waals surface area contributed by atoms with Crippen molar-refractivity contribution < 1.29 is 4.39 Å². The quantitative estimate of drug-likeness (QED) is 0.538. The molecule has 0 saturated carbocycles. The van der Waals surface area contributed by atoms with Gasteiger partial charge in [0.2, 0.25) is 0 Å². The van der Waals surface area contributed by atoms with E-state index in [2.05, 4.69) is 40.9 Å². The minimum absolute atomic E-state index is 0.356. The van der Waals surface area contributed by atoms with Crippen LogP contribution in [0.3, 0.4) is 0 Å². The van der Waals surface area contributed by atoms with E-state index in [9.17, 15) is 4.39 Å². The van der Waals surface area contributed by atoms with Crippen molar-refractivity contribution in [3.05, 3.63) is 36.2 Å². The van der Waals surface area contributed by atoms with E-state index < -0.39 is 0 Å². The zero-order valence-electron chi connectivity index (χ0n) is 10.4. The number of hydrogen-bond acceptors (Lipinski definition) is 0. The second kappa shape index (κ2) is 6.60. The van der Waals surface area contributed by atoms with Gasteiger partial charge >= 0.3 is 0 Å². The zero-order chi connectivity index (χ0) is 12.0. The standard InChI is InChI=1S/C14H23F/c1-7-8-11(4)14(9-12(5)15)13(6)10(2)3/h9-11H,5-8H2,1-4H3/b14-9-. The molecule has 0 radical (unpaired) electrons. The van der Waals surface area contributed by atoms with Gasteiger partial charge in [-0.15, -0.1) is 0 Å². The summed E-state index contributed by atoms with van der Waals surface area (Å²) in [7, 11) is 0. The molecule has 1 unspecified atom stereocenters. The van der Waals surface area contributed by atoms with Crippen molar-refractivity contribution in [1.29, 1.82) is 0 Å². The highest BCUT2D eigenvalue weighted by Crippen LogP contribution is 2.28. The van der Waals surface area contributed by atoms with Crippen LogP contribution in [0.1, 0.15) is 40.5 Å². The van der Waals surface area contributed by atoms with Gasteiger partial charge < -0.3 is 0 Å². The van der Waals surface area contributed by atoms with Crippen molar-refractivity contribution in [3.8, 4) is 0 Å². The molecule has 0 spiro atoms. The Morgan fingerprint density at radius 3 is 2.13 bits per heavy atom. The van der Waals surface area contributed by atoms with Crippen LogP contribution < -0.4 is 0 Å². The largest absolute Gasteiger partial charge is 0.208 e. The molecule has 0 aliphatic rings. The SMILES string of the molecule is C=C(F)/C=C(\C(=C)C(C)C)C(C)CCC. The second-order valence-corrected chi connectivity index (χ2v) is 4.42. The maximum absolute atomic E-state index is 12.9. The van der Waals surface area contributed by atoms with Crippen LogP contribution in [0.5, 0.6) is 0 Å². The van der Waals surface area contributed by atoms with Crippen molar-refractivity contribution in [2.45, 2.75) is 40.5 Å². The van der Waals surface area contributed by atoms with Gasteiger partial charge in [-0.25, -0.2) is 4.39 Å². The normalized spacial score (nSPS) is 14.1. The van der Waals surface area contributed by atoms with E-state index >= 15 is 0 Å². The molecule has 0 amide bonds. The molecule has 0 aliphatic carbocycles. The van der Waals surface area contributed by atoms with Gasteiger partial charge in [-0.3, -0.25) is 0 Å². The fourth-order valence-electron chi connectivity index (χ4n) is 1.64. The lowest BCUT2D eigenvalue weighted by Crippen LogP contribution is -2.06. The lowest BCUT2D eigenvalue weighted by Gasteiger charge is -2.20. The monoisotopic (exact) mass is 210 g/mol. The third-order valence-electron chi connectivity index (χ3n) is 2.63. The Labute approximate surface area is 93.6 Å². The van der Waals surface area contributed by atoms with Gasteiger partial charge in [0.15, 0.2) is 0 Å². The zero-order valence-corrected chi connectivity index (χ0v) is 10.4. The van der Waals surface area contributed by atoms with Gasteiger partial charge in [-0.2, -0.15) is 0 Å². The Hall–Kier alpha value is -0.850. The third-order valence-corrected chi connectivity index (χ3v) is 2.63. The van der Waals surface area contributed by atoms with E-state index in [0.29, 0.717) is 11.8 Å². The van der Waals surface area contributed by atoms with Crippen molar-refractivity contribution in [3.63, 3.8) is 0 Å². The smallest absolute Gasteiger partial charge is 0.116 e. The van der Waals surface area contributed by atoms with Crippen molar-refractivity contribution in [1.82, 2.24) is 0 Å². The summed E-state index contributed by atoms with van der Waals surface area (Å²) in [6.45, 7) is 15.7. The van der Waals surface area contributed by atoms with Crippen LogP contribution >= 0.6 is 0 Å². The Balaban J connectivity index is 4.89. The first kappa shape index (κ1) is 14.2. The van der Waals surface area contributed by atoms with Crippen LogP contribution in [0.25, 0.3) is 0 Å². The van der Waals surface area contributed by atoms with Crippen LogP contribution in [-0.4, -0.2) is 0 Å². The first-order chi connectivity index (χ1) is 6.90. The third kappa shape index (κ3) is 4.96. The molecule has 0 aromatic rings. The van der Waals surface area contributed by atoms with E-state index in [4.69, 9.17) is 0 Å². The summed E-state index contributed by atoms with van der Waals surface area (Å²) >= 11 is 0. The summed E-state index contributed by atoms with van der Waals surface area (Å²) in [5, 5.41) is 0. The number of hydrogen-bond donors (Lipinski definition) is 0. The van der Waals surface area contributed by atoms with Crippen LogP contribution in [0.4, 0.5) is 4.39 Å². The maximum atomic E-state index is 12.9. The van der Waals surface area contributed by atoms with Crippen LogP contribution in [-0.2, 0) is 0 Å². The van der Waals surface area contributed by atoms with Crippen molar-refractivity contribution >= 4 is 0 Å². The fraction of sp³-hybridized carbons (Fsp3) is 0.571. The lowest BCUT2D eigenvalue weighted by molar-refractivity contribution is 0.583. The first-order valence-electron chi connectivity index (χ1n) is 5.65. The Morgan fingerprint density at radius 2 is 1.80 bits per heavy atom. The lowest BCUT2D eigenvalue weighted by atomic mass is 9.85. The Kier molecular flexibility index (Phi) is 6.23. The molecule has 0 bridgehead atoms. The van der Waals surface area contributed by atoms with Crippen LogP contribution in [0.15, 0.2) is 36.2 Å². The first-order valence-corrected chi connectivity index (χ1v) is 5.65. The minimum atomic E-state index is -0.380. The number of allylic oxidation sites excluding steroid dienone is 4. The van der Waals surface area contributed by atoms with Crippen molar-refractivity contribution in [2.24, 2.45) is 11.8 Å². The molecule has 1 atom stereocenters. The summed E-state index contributed by atoms with van der Waals surface area (Å²) in [5.74, 6) is 0.335. The molecule has 0 rings (SSSR count). The Bertz CT molecular complexity index is 259. The molecule has 0 nitrogen and oxygen atoms in total. The van der Waals surface area contributed by atoms with E-state index in [1.807, 2.05) is 0 Å². The molecule has 1 heteroatoms. The average molecular weight is 210 g/mol. The van der Waals surface area contributed by atoms with Gasteiger partial charge in [0.1, 0.15) is 5.83 Å². The topological polar surface area (TPSA) is 0 Å². The predicted molar refractivity (Wildman–Crippen MR) is 66.4 cm³/mol. The molecular weight excluding hydrogens is 187 g/mol. The molecule has 0 N–H and O–H groups in total. The molecule has 0 saturated heterocycles. The molecular formula is C14H23F. The number of halogens is 1. The van der Waals surface area contributed by atoms with E-state index in [0.717, 1.165) is 24.0 Å². The summed E-state index contributed by atoms with van der Waals surface area (Å²) < 4.78 is 12.9. The number of rotatable bonds is 6. The summed E-state index contributed by atoms with van der Waals surface area (Å²) in [4.78, 5) is 0. The molecule has 0 aromatic heterocycles. The predicted octanol–water partition coefficient (Wildman–Crippen LogP) is 5.04. The molecule has 0 heterocycles. The van der Waals surface area contributed by atoms with Gasteiger partial charge in [-0.05, 0) is 35.5 Å². The average Bonchev–Trinajstić information content (AvgIpc) is 2.13. The summed E-state index contributed by atoms with van der Waals surface area (Å²) in [6, 6.07) is 0. The highest BCUT2D eigenvalue weighted by atomic mass is 19.1. The van der Waals surface area contributed by atoms with Gasteiger partial charge in [0, 0.05) is 0 Å². The molecule has 0 fully saturated rings. The summed E-state index contributed by atoms with van der Waals surface area (Å²) in [6.07, 6.45) is 3.69. The molecule has 15 heavy (non-hydrogen) atoms. The minimum Gasteiger partial charge on any atom is -0.208 e. The Morgan fingerprint density at radius 1 is 1.27 bits per heavy atom. The van der Waals surface area contributed by atoms with E-state index in [-0.39, 0.29) is 5.83 Å². The summed E-state index contributed by atoms with van der Waals surface area (Å²) in [5.41, 5.74) is 2.04.